The molecule has 1 atom stereocenters. The van der Waals surface area contributed by atoms with Crippen LogP contribution < -0.4 is 0 Å². The van der Waals surface area contributed by atoms with E-state index in [2.05, 4.69) is 38.1 Å². The van der Waals surface area contributed by atoms with Crippen molar-refractivity contribution in [3.63, 3.8) is 0 Å². The lowest BCUT2D eigenvalue weighted by atomic mass is 10.2. The molecule has 0 radical (unpaired) electrons. The molecule has 0 spiro atoms. The summed E-state index contributed by atoms with van der Waals surface area (Å²) < 4.78 is 1.84. The molecule has 0 saturated carbocycles. The Morgan fingerprint density at radius 1 is 1.38 bits per heavy atom. The highest BCUT2D eigenvalue weighted by Gasteiger charge is 2.09. The molecular weight excluding hydrogens is 268 g/mol. The molecule has 0 aliphatic rings. The first-order valence-electron chi connectivity index (χ1n) is 5.22. The number of hydrogen-bond acceptors (Lipinski definition) is 3. The summed E-state index contributed by atoms with van der Waals surface area (Å²) >= 11 is 3.56. The summed E-state index contributed by atoms with van der Waals surface area (Å²) in [4.78, 5) is 4.27. The van der Waals surface area contributed by atoms with Crippen LogP contribution in [0.3, 0.4) is 0 Å². The molecule has 5 heteroatoms. The van der Waals surface area contributed by atoms with E-state index in [0.717, 1.165) is 18.7 Å². The van der Waals surface area contributed by atoms with Crippen LogP contribution in [0.1, 0.15) is 29.4 Å². The van der Waals surface area contributed by atoms with Crippen LogP contribution in [-0.4, -0.2) is 20.0 Å². The SMILES string of the molecule is CCC(Br)c1cn(Cc2ccncc2)nn1. The minimum Gasteiger partial charge on any atom is -0.265 e. The summed E-state index contributed by atoms with van der Waals surface area (Å²) in [5.74, 6) is 0. The van der Waals surface area contributed by atoms with Gasteiger partial charge in [-0.25, -0.2) is 4.68 Å². The standard InChI is InChI=1S/C11H13BrN4/c1-2-10(12)11-8-16(15-14-11)7-9-3-5-13-6-4-9/h3-6,8,10H,2,7H2,1H3. The van der Waals surface area contributed by atoms with Crippen molar-refractivity contribution in [3.05, 3.63) is 42.0 Å². The third kappa shape index (κ3) is 2.66. The maximum absolute atomic E-state index is 4.13. The zero-order chi connectivity index (χ0) is 11.4. The summed E-state index contributed by atoms with van der Waals surface area (Å²) in [6, 6.07) is 3.96. The molecule has 2 aromatic rings. The summed E-state index contributed by atoms with van der Waals surface area (Å²) in [5.41, 5.74) is 2.16. The van der Waals surface area contributed by atoms with Crippen LogP contribution in [0.2, 0.25) is 0 Å². The number of aromatic nitrogens is 4. The summed E-state index contributed by atoms with van der Waals surface area (Å²) in [6.07, 6.45) is 6.55. The zero-order valence-corrected chi connectivity index (χ0v) is 10.6. The Morgan fingerprint density at radius 2 is 2.12 bits per heavy atom. The molecule has 0 aliphatic heterocycles. The van der Waals surface area contributed by atoms with Gasteiger partial charge in [-0.2, -0.15) is 0 Å². The van der Waals surface area contributed by atoms with E-state index in [0.29, 0.717) is 4.83 Å². The molecule has 0 amide bonds. The predicted molar refractivity (Wildman–Crippen MR) is 65.3 cm³/mol. The summed E-state index contributed by atoms with van der Waals surface area (Å²) in [6.45, 7) is 2.85. The van der Waals surface area contributed by atoms with E-state index in [1.807, 2.05) is 23.0 Å². The van der Waals surface area contributed by atoms with Crippen LogP contribution in [-0.2, 0) is 6.54 Å². The van der Waals surface area contributed by atoms with Crippen LogP contribution in [0.15, 0.2) is 30.7 Å². The van der Waals surface area contributed by atoms with Gasteiger partial charge in [0.25, 0.3) is 0 Å². The van der Waals surface area contributed by atoms with Gasteiger partial charge < -0.3 is 0 Å². The highest BCUT2D eigenvalue weighted by atomic mass is 79.9. The van der Waals surface area contributed by atoms with Crippen LogP contribution in [0.5, 0.6) is 0 Å². The molecule has 0 aliphatic carbocycles. The zero-order valence-electron chi connectivity index (χ0n) is 9.05. The maximum Gasteiger partial charge on any atom is 0.0963 e. The van der Waals surface area contributed by atoms with Gasteiger partial charge in [-0.1, -0.05) is 28.1 Å². The van der Waals surface area contributed by atoms with E-state index >= 15 is 0 Å². The van der Waals surface area contributed by atoms with E-state index < -0.39 is 0 Å². The molecule has 0 bridgehead atoms. The van der Waals surface area contributed by atoms with Crippen molar-refractivity contribution < 1.29 is 0 Å². The lowest BCUT2D eigenvalue weighted by molar-refractivity contribution is 0.648. The minimum absolute atomic E-state index is 0.290. The van der Waals surface area contributed by atoms with Gasteiger partial charge in [-0.15, -0.1) is 5.10 Å². The Morgan fingerprint density at radius 3 is 2.81 bits per heavy atom. The fourth-order valence-corrected chi connectivity index (χ4v) is 1.63. The second-order valence-corrected chi connectivity index (χ2v) is 4.68. The van der Waals surface area contributed by atoms with E-state index in [-0.39, 0.29) is 0 Å². The number of nitrogens with zero attached hydrogens (tertiary/aromatic N) is 4. The number of rotatable bonds is 4. The van der Waals surface area contributed by atoms with Crippen molar-refractivity contribution in [1.82, 2.24) is 20.0 Å². The fourth-order valence-electron chi connectivity index (χ4n) is 1.42. The van der Waals surface area contributed by atoms with Gasteiger partial charge in [0.05, 0.1) is 17.1 Å². The normalized spacial score (nSPS) is 12.6. The Kier molecular flexibility index (Phi) is 3.66. The van der Waals surface area contributed by atoms with Gasteiger partial charge in [0.2, 0.25) is 0 Å². The van der Waals surface area contributed by atoms with Crippen molar-refractivity contribution in [2.45, 2.75) is 24.7 Å². The average molecular weight is 281 g/mol. The highest BCUT2D eigenvalue weighted by molar-refractivity contribution is 9.09. The molecular formula is C11H13BrN4. The Hall–Kier alpha value is -1.23. The molecule has 2 aromatic heterocycles. The largest absolute Gasteiger partial charge is 0.265 e. The van der Waals surface area contributed by atoms with Gasteiger partial charge in [-0.05, 0) is 24.1 Å². The first-order valence-corrected chi connectivity index (χ1v) is 6.14. The highest BCUT2D eigenvalue weighted by Crippen LogP contribution is 2.23. The van der Waals surface area contributed by atoms with Gasteiger partial charge in [-0.3, -0.25) is 4.98 Å². The number of alkyl halides is 1. The molecule has 16 heavy (non-hydrogen) atoms. The minimum atomic E-state index is 0.290. The Bertz CT molecular complexity index is 440. The summed E-state index contributed by atoms with van der Waals surface area (Å²) in [7, 11) is 0. The third-order valence-corrected chi connectivity index (χ3v) is 3.45. The summed E-state index contributed by atoms with van der Waals surface area (Å²) in [5, 5.41) is 8.23. The molecule has 0 N–H and O–H groups in total. The van der Waals surface area contributed by atoms with Gasteiger partial charge in [0, 0.05) is 18.6 Å². The second kappa shape index (κ2) is 5.21. The van der Waals surface area contributed by atoms with Crippen molar-refractivity contribution in [2.75, 3.05) is 0 Å². The topological polar surface area (TPSA) is 43.6 Å². The van der Waals surface area contributed by atoms with Gasteiger partial charge in [0.1, 0.15) is 0 Å². The van der Waals surface area contributed by atoms with Gasteiger partial charge in [0.15, 0.2) is 0 Å². The molecule has 4 nitrogen and oxygen atoms in total. The predicted octanol–water partition coefficient (Wildman–Crippen LogP) is 2.57. The molecule has 84 valence electrons. The quantitative estimate of drug-likeness (QED) is 0.809. The van der Waals surface area contributed by atoms with Crippen molar-refractivity contribution >= 4 is 15.9 Å². The molecule has 0 saturated heterocycles. The first kappa shape index (κ1) is 11.3. The molecule has 0 aromatic carbocycles. The van der Waals surface area contributed by atoms with E-state index in [9.17, 15) is 0 Å². The molecule has 1 unspecified atom stereocenters. The number of halogens is 1. The van der Waals surface area contributed by atoms with E-state index in [4.69, 9.17) is 0 Å². The first-order chi connectivity index (χ1) is 7.79. The monoisotopic (exact) mass is 280 g/mol. The lowest BCUT2D eigenvalue weighted by Crippen LogP contribution is -2.00. The smallest absolute Gasteiger partial charge is 0.0963 e. The fraction of sp³-hybridized carbons (Fsp3) is 0.364. The van der Waals surface area contributed by atoms with Crippen molar-refractivity contribution in [2.24, 2.45) is 0 Å². The van der Waals surface area contributed by atoms with Crippen LogP contribution in [0, 0.1) is 0 Å². The number of hydrogen-bond donors (Lipinski definition) is 0. The third-order valence-electron chi connectivity index (χ3n) is 2.33. The van der Waals surface area contributed by atoms with E-state index in [1.54, 1.807) is 12.4 Å². The van der Waals surface area contributed by atoms with Gasteiger partial charge >= 0.3 is 0 Å². The number of pyridine rings is 1. The maximum atomic E-state index is 4.13. The second-order valence-electron chi connectivity index (χ2n) is 3.57. The van der Waals surface area contributed by atoms with Crippen LogP contribution >= 0.6 is 15.9 Å². The lowest BCUT2D eigenvalue weighted by Gasteiger charge is -2.00. The molecule has 2 rings (SSSR count). The Labute approximate surface area is 103 Å². The van der Waals surface area contributed by atoms with Crippen LogP contribution in [0.25, 0.3) is 0 Å². The van der Waals surface area contributed by atoms with Crippen molar-refractivity contribution in [3.8, 4) is 0 Å². The molecule has 0 fully saturated rings. The van der Waals surface area contributed by atoms with Crippen molar-refractivity contribution in [1.29, 1.82) is 0 Å². The van der Waals surface area contributed by atoms with E-state index in [1.165, 1.54) is 5.56 Å². The van der Waals surface area contributed by atoms with Crippen LogP contribution in [0.4, 0.5) is 0 Å². The average Bonchev–Trinajstić information content (AvgIpc) is 2.78. The molecule has 2 heterocycles. The Balaban J connectivity index is 2.09.